The van der Waals surface area contributed by atoms with Crippen molar-refractivity contribution in [2.75, 3.05) is 6.54 Å². The number of benzene rings is 1. The van der Waals surface area contributed by atoms with Crippen LogP contribution in [0.5, 0.6) is 0 Å². The summed E-state index contributed by atoms with van der Waals surface area (Å²) in [4.78, 5) is 17.6. The van der Waals surface area contributed by atoms with Crippen LogP contribution in [0.1, 0.15) is 45.2 Å². The third kappa shape index (κ3) is 3.29. The van der Waals surface area contributed by atoms with Crippen molar-refractivity contribution >= 4 is 11.5 Å². The van der Waals surface area contributed by atoms with Crippen LogP contribution in [0.4, 0.5) is 5.69 Å². The predicted octanol–water partition coefficient (Wildman–Crippen LogP) is 4.07. The molecule has 1 atom stereocenters. The van der Waals surface area contributed by atoms with E-state index >= 15 is 0 Å². The van der Waals surface area contributed by atoms with Crippen molar-refractivity contribution in [3.05, 3.63) is 51.7 Å². The van der Waals surface area contributed by atoms with Crippen LogP contribution in [-0.2, 0) is 0 Å². The van der Waals surface area contributed by atoms with Crippen LogP contribution in [0.15, 0.2) is 41.0 Å². The molecule has 0 N–H and O–H groups in total. The fourth-order valence-corrected chi connectivity index (χ4v) is 2.60. The lowest BCUT2D eigenvalue weighted by molar-refractivity contribution is -0.385. The molecule has 1 heterocycles. The first-order valence-corrected chi connectivity index (χ1v) is 7.28. The van der Waals surface area contributed by atoms with Crippen molar-refractivity contribution in [3.63, 3.8) is 0 Å². The summed E-state index contributed by atoms with van der Waals surface area (Å²) in [5, 5.41) is 11.2. The average Bonchev–Trinajstić information content (AvgIpc) is 2.46. The second-order valence-electron chi connectivity index (χ2n) is 5.25. The summed E-state index contributed by atoms with van der Waals surface area (Å²) >= 11 is 0. The molecule has 0 aliphatic carbocycles. The Morgan fingerprint density at radius 3 is 2.67 bits per heavy atom. The summed E-state index contributed by atoms with van der Waals surface area (Å²) in [5.74, 6) is 0.923. The van der Waals surface area contributed by atoms with Gasteiger partial charge in [-0.25, -0.2) is 0 Å². The van der Waals surface area contributed by atoms with Gasteiger partial charge in [-0.3, -0.25) is 15.1 Å². The molecule has 1 aliphatic rings. The van der Waals surface area contributed by atoms with Crippen molar-refractivity contribution < 1.29 is 4.92 Å². The molecule has 21 heavy (non-hydrogen) atoms. The lowest BCUT2D eigenvalue weighted by atomic mass is 10.0. The van der Waals surface area contributed by atoms with Gasteiger partial charge in [0.25, 0.3) is 5.69 Å². The molecule has 0 saturated heterocycles. The number of unbranched alkanes of at least 4 members (excludes halogenated alkanes) is 1. The van der Waals surface area contributed by atoms with Gasteiger partial charge in [0, 0.05) is 18.3 Å². The Hall–Kier alpha value is -2.17. The monoisotopic (exact) mass is 287 g/mol. The van der Waals surface area contributed by atoms with Gasteiger partial charge in [0.1, 0.15) is 11.9 Å². The lowest BCUT2D eigenvalue weighted by Crippen LogP contribution is -2.31. The van der Waals surface area contributed by atoms with E-state index in [1.165, 1.54) is 6.07 Å². The zero-order valence-electron chi connectivity index (χ0n) is 12.7. The molecule has 0 spiro atoms. The molecule has 0 bridgehead atoms. The smallest absolute Gasteiger partial charge is 0.275 e. The van der Waals surface area contributed by atoms with Crippen LogP contribution in [0, 0.1) is 10.1 Å². The van der Waals surface area contributed by atoms with Gasteiger partial charge >= 0.3 is 0 Å². The quantitative estimate of drug-likeness (QED) is 0.605. The third-order valence-electron chi connectivity index (χ3n) is 3.73. The topological polar surface area (TPSA) is 58.7 Å². The molecule has 0 saturated carbocycles. The first-order valence-electron chi connectivity index (χ1n) is 7.28. The molecular weight excluding hydrogens is 266 g/mol. The van der Waals surface area contributed by atoms with Gasteiger partial charge in [0.2, 0.25) is 0 Å². The maximum absolute atomic E-state index is 11.2. The zero-order chi connectivity index (χ0) is 15.4. The predicted molar refractivity (Wildman–Crippen MR) is 84.3 cm³/mol. The van der Waals surface area contributed by atoms with Crippen LogP contribution in [0.3, 0.4) is 0 Å². The molecule has 5 nitrogen and oxygen atoms in total. The van der Waals surface area contributed by atoms with Crippen molar-refractivity contribution in [2.45, 2.75) is 39.7 Å². The van der Waals surface area contributed by atoms with Crippen molar-refractivity contribution in [3.8, 4) is 0 Å². The van der Waals surface area contributed by atoms with E-state index < -0.39 is 0 Å². The maximum atomic E-state index is 11.2. The highest BCUT2D eigenvalue weighted by Gasteiger charge is 2.24. The molecule has 0 fully saturated rings. The molecule has 112 valence electrons. The van der Waals surface area contributed by atoms with Crippen LogP contribution in [0.25, 0.3) is 0 Å². The minimum Gasteiger partial charge on any atom is -0.335 e. The average molecular weight is 287 g/mol. The molecular formula is C16H21N3O2. The number of nitro benzene ring substituents is 1. The molecule has 1 unspecified atom stereocenters. The molecule has 1 aromatic carbocycles. The fourth-order valence-electron chi connectivity index (χ4n) is 2.60. The molecule has 5 heteroatoms. The first kappa shape index (κ1) is 15.2. The molecule has 1 aliphatic heterocycles. The van der Waals surface area contributed by atoms with Gasteiger partial charge in [0.15, 0.2) is 0 Å². The number of hydrogen-bond acceptors (Lipinski definition) is 4. The van der Waals surface area contributed by atoms with Gasteiger partial charge < -0.3 is 4.90 Å². The van der Waals surface area contributed by atoms with Gasteiger partial charge in [-0.15, -0.1) is 0 Å². The lowest BCUT2D eigenvalue weighted by Gasteiger charge is -2.30. The summed E-state index contributed by atoms with van der Waals surface area (Å²) in [6, 6.07) is 6.55. The largest absolute Gasteiger partial charge is 0.335 e. The van der Waals surface area contributed by atoms with E-state index in [1.807, 2.05) is 26.0 Å². The van der Waals surface area contributed by atoms with Gasteiger partial charge in [0.05, 0.1) is 10.5 Å². The Morgan fingerprint density at radius 2 is 2.05 bits per heavy atom. The zero-order valence-corrected chi connectivity index (χ0v) is 12.7. The Bertz CT molecular complexity index is 573. The minimum absolute atomic E-state index is 0.130. The summed E-state index contributed by atoms with van der Waals surface area (Å²) < 4.78 is 0. The van der Waals surface area contributed by atoms with E-state index in [0.717, 1.165) is 30.9 Å². The number of nitro groups is 1. The first-order chi connectivity index (χ1) is 10.0. The van der Waals surface area contributed by atoms with Crippen LogP contribution in [0.2, 0.25) is 0 Å². The SMILES string of the molecule is CCCCN1C(C)=CC(c2ccccc2[N+](=O)[O-])N=C1C. The van der Waals surface area contributed by atoms with E-state index in [1.54, 1.807) is 12.1 Å². The highest BCUT2D eigenvalue weighted by molar-refractivity contribution is 5.83. The van der Waals surface area contributed by atoms with Gasteiger partial charge in [-0.2, -0.15) is 0 Å². The Kier molecular flexibility index (Phi) is 4.73. The standard InChI is InChI=1S/C16H21N3O2/c1-4-5-10-18-12(2)11-15(17-13(18)3)14-8-6-7-9-16(14)19(20)21/h6-9,11,15H,4-5,10H2,1-3H3. The second kappa shape index (κ2) is 6.52. The van der Waals surface area contributed by atoms with Crippen molar-refractivity contribution in [1.29, 1.82) is 0 Å². The Morgan fingerprint density at radius 1 is 1.33 bits per heavy atom. The number of nitrogens with zero attached hydrogens (tertiary/aromatic N) is 3. The van der Waals surface area contributed by atoms with E-state index in [0.29, 0.717) is 5.56 Å². The van der Waals surface area contributed by atoms with E-state index in [2.05, 4.69) is 16.8 Å². The summed E-state index contributed by atoms with van der Waals surface area (Å²) in [6.07, 6.45) is 4.24. The van der Waals surface area contributed by atoms with Gasteiger partial charge in [-0.05, 0) is 32.4 Å². The molecule has 2 rings (SSSR count). The number of para-hydroxylation sites is 1. The van der Waals surface area contributed by atoms with Crippen molar-refractivity contribution in [2.24, 2.45) is 4.99 Å². The highest BCUT2D eigenvalue weighted by Crippen LogP contribution is 2.32. The Labute approximate surface area is 125 Å². The second-order valence-corrected chi connectivity index (χ2v) is 5.25. The maximum Gasteiger partial charge on any atom is 0.275 e. The van der Waals surface area contributed by atoms with Crippen LogP contribution >= 0.6 is 0 Å². The fraction of sp³-hybridized carbons (Fsp3) is 0.438. The van der Waals surface area contributed by atoms with Gasteiger partial charge in [-0.1, -0.05) is 25.5 Å². The number of rotatable bonds is 5. The summed E-state index contributed by atoms with van der Waals surface area (Å²) in [5.41, 5.74) is 1.89. The van der Waals surface area contributed by atoms with Crippen LogP contribution in [-0.4, -0.2) is 22.2 Å². The number of allylic oxidation sites excluding steroid dienone is 1. The minimum atomic E-state index is -0.340. The molecule has 0 amide bonds. The Balaban J connectivity index is 2.32. The summed E-state index contributed by atoms with van der Waals surface area (Å²) in [7, 11) is 0. The van der Waals surface area contributed by atoms with E-state index in [9.17, 15) is 10.1 Å². The highest BCUT2D eigenvalue weighted by atomic mass is 16.6. The molecule has 0 aromatic heterocycles. The van der Waals surface area contributed by atoms with E-state index in [-0.39, 0.29) is 16.7 Å². The molecule has 0 radical (unpaired) electrons. The number of amidine groups is 1. The number of hydrogen-bond donors (Lipinski definition) is 0. The normalized spacial score (nSPS) is 18.2. The van der Waals surface area contributed by atoms with Crippen LogP contribution < -0.4 is 0 Å². The third-order valence-corrected chi connectivity index (χ3v) is 3.73. The number of aliphatic imine (C=N–C) groups is 1. The summed E-state index contributed by atoms with van der Waals surface area (Å²) in [6.45, 7) is 7.10. The van der Waals surface area contributed by atoms with Crippen molar-refractivity contribution in [1.82, 2.24) is 4.90 Å². The van der Waals surface area contributed by atoms with E-state index in [4.69, 9.17) is 0 Å². The molecule has 1 aromatic rings.